The third kappa shape index (κ3) is 2.07. The fourth-order valence-electron chi connectivity index (χ4n) is 3.25. The zero-order chi connectivity index (χ0) is 11.7. The number of likely N-dealkylation sites (tertiary alicyclic amines) is 1. The third-order valence-corrected chi connectivity index (χ3v) is 3.89. The predicted molar refractivity (Wildman–Crippen MR) is 56.9 cm³/mol. The van der Waals surface area contributed by atoms with Crippen LogP contribution in [0.4, 0.5) is 0 Å². The molecule has 4 atom stereocenters. The first-order valence-electron chi connectivity index (χ1n) is 5.89. The minimum Gasteiger partial charge on any atom is -0.480 e. The van der Waals surface area contributed by atoms with E-state index < -0.39 is 18.1 Å². The standard InChI is InChI=1S/C11H19NO4/c13-6-8(14)5-12-4-7-2-1-3-9(7)10(12)11(15)16/h7-10,13-14H,1-6H2,(H,15,16). The van der Waals surface area contributed by atoms with E-state index in [1.807, 2.05) is 4.90 Å². The molecule has 1 saturated carbocycles. The van der Waals surface area contributed by atoms with Crippen molar-refractivity contribution in [3.63, 3.8) is 0 Å². The number of aliphatic hydroxyl groups excluding tert-OH is 2. The van der Waals surface area contributed by atoms with Gasteiger partial charge in [-0.1, -0.05) is 6.42 Å². The van der Waals surface area contributed by atoms with E-state index in [4.69, 9.17) is 5.11 Å². The lowest BCUT2D eigenvalue weighted by Gasteiger charge is -2.25. The molecule has 2 fully saturated rings. The molecule has 3 N–H and O–H groups in total. The molecule has 0 aromatic heterocycles. The second kappa shape index (κ2) is 4.69. The Hall–Kier alpha value is -0.650. The number of carbonyl (C=O) groups is 1. The normalized spacial score (nSPS) is 36.2. The molecule has 1 aliphatic carbocycles. The summed E-state index contributed by atoms with van der Waals surface area (Å²) in [6.45, 7) is 0.706. The minimum atomic E-state index is -0.833. The second-order valence-corrected chi connectivity index (χ2v) is 4.93. The first-order chi connectivity index (χ1) is 7.63. The van der Waals surface area contributed by atoms with Crippen LogP contribution in [0.5, 0.6) is 0 Å². The molecule has 0 bridgehead atoms. The SMILES string of the molecule is O=C(O)C1C2CCCC2CN1CC(O)CO. The van der Waals surface area contributed by atoms with Crippen LogP contribution in [0.1, 0.15) is 19.3 Å². The molecule has 92 valence electrons. The van der Waals surface area contributed by atoms with Gasteiger partial charge in [0.05, 0.1) is 12.7 Å². The molecular weight excluding hydrogens is 210 g/mol. The van der Waals surface area contributed by atoms with Crippen LogP contribution in [0.3, 0.4) is 0 Å². The lowest BCUT2D eigenvalue weighted by molar-refractivity contribution is -0.144. The van der Waals surface area contributed by atoms with Crippen LogP contribution in [-0.2, 0) is 4.79 Å². The van der Waals surface area contributed by atoms with Crippen molar-refractivity contribution in [2.75, 3.05) is 19.7 Å². The van der Waals surface area contributed by atoms with Gasteiger partial charge in [-0.15, -0.1) is 0 Å². The van der Waals surface area contributed by atoms with Gasteiger partial charge >= 0.3 is 5.97 Å². The van der Waals surface area contributed by atoms with Gasteiger partial charge in [-0.2, -0.15) is 0 Å². The Labute approximate surface area is 94.7 Å². The quantitative estimate of drug-likeness (QED) is 0.607. The maximum absolute atomic E-state index is 11.2. The zero-order valence-electron chi connectivity index (χ0n) is 9.25. The molecule has 1 aliphatic heterocycles. The number of hydrogen-bond acceptors (Lipinski definition) is 4. The average Bonchev–Trinajstić information content (AvgIpc) is 2.76. The van der Waals surface area contributed by atoms with E-state index in [1.165, 1.54) is 0 Å². The Morgan fingerprint density at radius 1 is 1.44 bits per heavy atom. The number of fused-ring (bicyclic) bond motifs is 1. The highest BCUT2D eigenvalue weighted by molar-refractivity contribution is 5.74. The van der Waals surface area contributed by atoms with Gasteiger partial charge < -0.3 is 15.3 Å². The van der Waals surface area contributed by atoms with Crippen molar-refractivity contribution >= 4 is 5.97 Å². The summed E-state index contributed by atoms with van der Waals surface area (Å²) in [7, 11) is 0. The highest BCUT2D eigenvalue weighted by Crippen LogP contribution is 2.42. The minimum absolute atomic E-state index is 0.239. The van der Waals surface area contributed by atoms with E-state index in [9.17, 15) is 15.0 Å². The molecule has 0 aromatic rings. The largest absolute Gasteiger partial charge is 0.480 e. The Bertz CT molecular complexity index is 269. The molecule has 0 radical (unpaired) electrons. The van der Waals surface area contributed by atoms with E-state index >= 15 is 0 Å². The highest BCUT2D eigenvalue weighted by Gasteiger charge is 2.47. The van der Waals surface area contributed by atoms with Gasteiger partial charge in [0, 0.05) is 13.1 Å². The Kier molecular flexibility index (Phi) is 3.47. The maximum Gasteiger partial charge on any atom is 0.321 e. The summed E-state index contributed by atoms with van der Waals surface area (Å²) in [5.41, 5.74) is 0. The lowest BCUT2D eigenvalue weighted by Crippen LogP contribution is -2.44. The number of aliphatic hydroxyl groups is 2. The van der Waals surface area contributed by atoms with E-state index in [-0.39, 0.29) is 19.1 Å². The Morgan fingerprint density at radius 3 is 2.81 bits per heavy atom. The van der Waals surface area contributed by atoms with Crippen molar-refractivity contribution < 1.29 is 20.1 Å². The molecule has 4 unspecified atom stereocenters. The molecule has 2 aliphatic rings. The van der Waals surface area contributed by atoms with Crippen molar-refractivity contribution in [2.24, 2.45) is 11.8 Å². The van der Waals surface area contributed by atoms with Crippen LogP contribution in [0, 0.1) is 11.8 Å². The molecule has 0 spiro atoms. The van der Waals surface area contributed by atoms with Crippen LogP contribution < -0.4 is 0 Å². The number of carboxylic acid groups (broad SMARTS) is 1. The van der Waals surface area contributed by atoms with Crippen molar-refractivity contribution in [1.82, 2.24) is 4.90 Å². The number of rotatable bonds is 4. The molecule has 1 saturated heterocycles. The molecule has 1 heterocycles. The Balaban J connectivity index is 2.04. The summed E-state index contributed by atoms with van der Waals surface area (Å²) in [4.78, 5) is 13.1. The van der Waals surface area contributed by atoms with Crippen LogP contribution in [-0.4, -0.2) is 58.0 Å². The molecule has 0 aromatic carbocycles. The lowest BCUT2D eigenvalue weighted by atomic mass is 9.94. The molecular formula is C11H19NO4. The van der Waals surface area contributed by atoms with Crippen LogP contribution in [0.2, 0.25) is 0 Å². The maximum atomic E-state index is 11.2. The topological polar surface area (TPSA) is 81.0 Å². The van der Waals surface area contributed by atoms with Gasteiger partial charge in [0.1, 0.15) is 6.04 Å². The predicted octanol–water partition coefficient (Wildman–Crippen LogP) is -0.475. The zero-order valence-corrected chi connectivity index (χ0v) is 9.25. The van der Waals surface area contributed by atoms with E-state index in [0.29, 0.717) is 5.92 Å². The van der Waals surface area contributed by atoms with Crippen molar-refractivity contribution in [2.45, 2.75) is 31.4 Å². The summed E-state index contributed by atoms with van der Waals surface area (Å²) in [5, 5.41) is 27.4. The number of carboxylic acids is 1. The van der Waals surface area contributed by atoms with E-state index in [0.717, 1.165) is 25.8 Å². The highest BCUT2D eigenvalue weighted by atomic mass is 16.4. The summed E-state index contributed by atoms with van der Waals surface area (Å²) in [6, 6.07) is -0.464. The Morgan fingerprint density at radius 2 is 2.19 bits per heavy atom. The monoisotopic (exact) mass is 229 g/mol. The summed E-state index contributed by atoms with van der Waals surface area (Å²) in [5.74, 6) is -0.0880. The number of hydrogen-bond donors (Lipinski definition) is 3. The number of aliphatic carboxylic acids is 1. The molecule has 5 heteroatoms. The van der Waals surface area contributed by atoms with Crippen molar-refractivity contribution in [3.8, 4) is 0 Å². The van der Waals surface area contributed by atoms with Crippen LogP contribution in [0.25, 0.3) is 0 Å². The molecule has 0 amide bonds. The van der Waals surface area contributed by atoms with Gasteiger partial charge in [-0.3, -0.25) is 9.69 Å². The number of β-amino-alcohol motifs (C(OH)–C–C–N with tert-alkyl or cyclic N) is 1. The third-order valence-electron chi connectivity index (χ3n) is 3.89. The van der Waals surface area contributed by atoms with Crippen molar-refractivity contribution in [3.05, 3.63) is 0 Å². The number of nitrogens with zero attached hydrogens (tertiary/aromatic N) is 1. The summed E-state index contributed by atoms with van der Waals surface area (Å²) >= 11 is 0. The first kappa shape index (κ1) is 11.8. The van der Waals surface area contributed by atoms with Gasteiger partial charge in [0.25, 0.3) is 0 Å². The molecule has 5 nitrogen and oxygen atoms in total. The first-order valence-corrected chi connectivity index (χ1v) is 5.89. The smallest absolute Gasteiger partial charge is 0.321 e. The second-order valence-electron chi connectivity index (χ2n) is 4.93. The fraction of sp³-hybridized carbons (Fsp3) is 0.909. The summed E-state index contributed by atoms with van der Waals surface area (Å²) < 4.78 is 0. The average molecular weight is 229 g/mol. The van der Waals surface area contributed by atoms with Crippen LogP contribution >= 0.6 is 0 Å². The van der Waals surface area contributed by atoms with E-state index in [2.05, 4.69) is 0 Å². The molecule has 2 rings (SSSR count). The summed E-state index contributed by atoms with van der Waals surface area (Å²) in [6.07, 6.45) is 2.36. The van der Waals surface area contributed by atoms with Gasteiger partial charge in [-0.25, -0.2) is 0 Å². The van der Waals surface area contributed by atoms with Gasteiger partial charge in [0.2, 0.25) is 0 Å². The van der Waals surface area contributed by atoms with Crippen molar-refractivity contribution in [1.29, 1.82) is 0 Å². The van der Waals surface area contributed by atoms with Gasteiger partial charge in [-0.05, 0) is 24.7 Å². The van der Waals surface area contributed by atoms with E-state index in [1.54, 1.807) is 0 Å². The molecule has 16 heavy (non-hydrogen) atoms. The van der Waals surface area contributed by atoms with Crippen LogP contribution in [0.15, 0.2) is 0 Å². The van der Waals surface area contributed by atoms with Gasteiger partial charge in [0.15, 0.2) is 0 Å². The fourth-order valence-corrected chi connectivity index (χ4v) is 3.25.